The van der Waals surface area contributed by atoms with Gasteiger partial charge in [0.2, 0.25) is 0 Å². The van der Waals surface area contributed by atoms with Gasteiger partial charge >= 0.3 is 0 Å². The Morgan fingerprint density at radius 2 is 1.82 bits per heavy atom. The van der Waals surface area contributed by atoms with Crippen molar-refractivity contribution in [1.82, 2.24) is 0 Å². The molecule has 0 amide bonds. The molecular weight excluding hydrogens is 295 g/mol. The molecule has 3 aromatic rings. The maximum Gasteiger partial charge on any atom is 0.143 e. The first-order chi connectivity index (χ1) is 10.8. The molecule has 0 spiro atoms. The topological polar surface area (TPSA) is 35.8 Å². The molecule has 1 aromatic heterocycles. The standard InChI is InChI=1S/C18H13FN2S/c19-15-8-4-9-16(14(15)12-20)21-18(17-10-5-11-22-17)13-6-2-1-3-7-13/h1-11,18,21H/t18-/m1/s1. The summed E-state index contributed by atoms with van der Waals surface area (Å²) in [7, 11) is 0. The van der Waals surface area contributed by atoms with Crippen LogP contribution in [0.4, 0.5) is 10.1 Å². The second kappa shape index (κ2) is 6.42. The van der Waals surface area contributed by atoms with Crippen LogP contribution >= 0.6 is 11.3 Å². The van der Waals surface area contributed by atoms with Crippen molar-refractivity contribution in [2.45, 2.75) is 6.04 Å². The Morgan fingerprint density at radius 1 is 1.00 bits per heavy atom. The van der Waals surface area contributed by atoms with Crippen molar-refractivity contribution < 1.29 is 4.39 Å². The van der Waals surface area contributed by atoms with E-state index in [1.807, 2.05) is 53.9 Å². The summed E-state index contributed by atoms with van der Waals surface area (Å²) in [6.45, 7) is 0. The highest BCUT2D eigenvalue weighted by molar-refractivity contribution is 7.10. The highest BCUT2D eigenvalue weighted by atomic mass is 32.1. The molecule has 1 heterocycles. The Bertz CT molecular complexity index is 792. The maximum atomic E-state index is 13.8. The van der Waals surface area contributed by atoms with E-state index < -0.39 is 5.82 Å². The fourth-order valence-corrected chi connectivity index (χ4v) is 3.14. The predicted octanol–water partition coefficient (Wildman–Crippen LogP) is 4.96. The normalized spacial score (nSPS) is 11.6. The second-order valence-corrected chi connectivity index (χ2v) is 5.76. The number of rotatable bonds is 4. The molecule has 0 bridgehead atoms. The first-order valence-electron chi connectivity index (χ1n) is 6.83. The molecule has 2 nitrogen and oxygen atoms in total. The largest absolute Gasteiger partial charge is 0.372 e. The van der Waals surface area contributed by atoms with E-state index in [0.29, 0.717) is 5.69 Å². The Hall–Kier alpha value is -2.64. The number of halogens is 1. The molecule has 2 aromatic carbocycles. The van der Waals surface area contributed by atoms with E-state index in [1.54, 1.807) is 23.5 Å². The summed E-state index contributed by atoms with van der Waals surface area (Å²) in [6, 6.07) is 20.4. The zero-order valence-corrected chi connectivity index (χ0v) is 12.5. The fraction of sp³-hybridized carbons (Fsp3) is 0.0556. The van der Waals surface area contributed by atoms with Crippen molar-refractivity contribution in [3.63, 3.8) is 0 Å². The third-order valence-corrected chi connectivity index (χ3v) is 4.32. The van der Waals surface area contributed by atoms with Crippen molar-refractivity contribution in [3.8, 4) is 6.07 Å². The van der Waals surface area contributed by atoms with Crippen molar-refractivity contribution in [3.05, 3.63) is 87.9 Å². The van der Waals surface area contributed by atoms with E-state index in [2.05, 4.69) is 5.32 Å². The molecular formula is C18H13FN2S. The quantitative estimate of drug-likeness (QED) is 0.739. The van der Waals surface area contributed by atoms with E-state index in [-0.39, 0.29) is 11.6 Å². The summed E-state index contributed by atoms with van der Waals surface area (Å²) >= 11 is 1.62. The molecule has 3 rings (SSSR count). The van der Waals surface area contributed by atoms with Crippen LogP contribution in [0.5, 0.6) is 0 Å². The average Bonchev–Trinajstić information content (AvgIpc) is 3.07. The lowest BCUT2D eigenvalue weighted by Crippen LogP contribution is -2.12. The Kier molecular flexibility index (Phi) is 4.17. The molecule has 4 heteroatoms. The highest BCUT2D eigenvalue weighted by Gasteiger charge is 2.17. The summed E-state index contributed by atoms with van der Waals surface area (Å²) in [6.07, 6.45) is 0. The van der Waals surface area contributed by atoms with Crippen molar-refractivity contribution in [1.29, 1.82) is 5.26 Å². The van der Waals surface area contributed by atoms with Gasteiger partial charge in [0, 0.05) is 4.88 Å². The summed E-state index contributed by atoms with van der Waals surface area (Å²) < 4.78 is 13.8. The molecule has 22 heavy (non-hydrogen) atoms. The third-order valence-electron chi connectivity index (χ3n) is 3.39. The molecule has 0 unspecified atom stereocenters. The second-order valence-electron chi connectivity index (χ2n) is 4.78. The average molecular weight is 308 g/mol. The van der Waals surface area contributed by atoms with Crippen LogP contribution < -0.4 is 5.32 Å². The minimum atomic E-state index is -0.509. The van der Waals surface area contributed by atoms with Gasteiger partial charge in [-0.15, -0.1) is 11.3 Å². The first-order valence-corrected chi connectivity index (χ1v) is 7.71. The SMILES string of the molecule is N#Cc1c(F)cccc1N[C@H](c1ccccc1)c1cccs1. The number of benzene rings is 2. The molecule has 1 N–H and O–H groups in total. The van der Waals surface area contributed by atoms with E-state index >= 15 is 0 Å². The molecule has 0 fully saturated rings. The lowest BCUT2D eigenvalue weighted by Gasteiger charge is -2.20. The van der Waals surface area contributed by atoms with Crippen LogP contribution in [0.3, 0.4) is 0 Å². The molecule has 0 saturated heterocycles. The number of nitrogens with one attached hydrogen (secondary N) is 1. The minimum Gasteiger partial charge on any atom is -0.372 e. The van der Waals surface area contributed by atoms with Gasteiger partial charge in [-0.2, -0.15) is 5.26 Å². The van der Waals surface area contributed by atoms with Gasteiger partial charge in [-0.1, -0.05) is 42.5 Å². The summed E-state index contributed by atoms with van der Waals surface area (Å²) in [4.78, 5) is 1.11. The number of nitrogens with zero attached hydrogens (tertiary/aromatic N) is 1. The van der Waals surface area contributed by atoms with Gasteiger partial charge in [0.1, 0.15) is 17.4 Å². The molecule has 108 valence electrons. The summed E-state index contributed by atoms with van der Waals surface area (Å²) in [5.41, 5.74) is 1.61. The lowest BCUT2D eigenvalue weighted by atomic mass is 10.0. The lowest BCUT2D eigenvalue weighted by molar-refractivity contribution is 0.624. The Labute approximate surface area is 132 Å². The number of hydrogen-bond donors (Lipinski definition) is 1. The Balaban J connectivity index is 2.02. The Morgan fingerprint density at radius 3 is 2.50 bits per heavy atom. The molecule has 0 aliphatic carbocycles. The van der Waals surface area contributed by atoms with Gasteiger partial charge in [-0.25, -0.2) is 4.39 Å². The van der Waals surface area contributed by atoms with Gasteiger partial charge in [0.05, 0.1) is 11.7 Å². The molecule has 0 saturated carbocycles. The highest BCUT2D eigenvalue weighted by Crippen LogP contribution is 2.31. The van der Waals surface area contributed by atoms with E-state index in [0.717, 1.165) is 10.4 Å². The summed E-state index contributed by atoms with van der Waals surface area (Å²) in [5.74, 6) is -0.509. The smallest absolute Gasteiger partial charge is 0.143 e. The monoisotopic (exact) mass is 308 g/mol. The van der Waals surface area contributed by atoms with Crippen LogP contribution in [0, 0.1) is 17.1 Å². The van der Waals surface area contributed by atoms with Gasteiger partial charge in [-0.05, 0) is 29.1 Å². The minimum absolute atomic E-state index is 0.0417. The van der Waals surface area contributed by atoms with Gasteiger partial charge in [-0.3, -0.25) is 0 Å². The third kappa shape index (κ3) is 2.85. The fourth-order valence-electron chi connectivity index (χ4n) is 2.33. The van der Waals surface area contributed by atoms with Crippen molar-refractivity contribution in [2.24, 2.45) is 0 Å². The van der Waals surface area contributed by atoms with Gasteiger partial charge in [0.15, 0.2) is 0 Å². The van der Waals surface area contributed by atoms with Crippen LogP contribution in [-0.2, 0) is 0 Å². The zero-order valence-electron chi connectivity index (χ0n) is 11.7. The number of thiophene rings is 1. The maximum absolute atomic E-state index is 13.8. The number of nitriles is 1. The van der Waals surface area contributed by atoms with Crippen LogP contribution in [0.2, 0.25) is 0 Å². The van der Waals surface area contributed by atoms with E-state index in [1.165, 1.54) is 6.07 Å². The van der Waals surface area contributed by atoms with E-state index in [9.17, 15) is 9.65 Å². The molecule has 0 aliphatic heterocycles. The van der Waals surface area contributed by atoms with Crippen LogP contribution in [0.15, 0.2) is 66.0 Å². The van der Waals surface area contributed by atoms with Crippen LogP contribution in [-0.4, -0.2) is 0 Å². The van der Waals surface area contributed by atoms with Crippen molar-refractivity contribution >= 4 is 17.0 Å². The number of anilines is 1. The van der Waals surface area contributed by atoms with Crippen LogP contribution in [0.25, 0.3) is 0 Å². The van der Waals surface area contributed by atoms with Crippen LogP contribution in [0.1, 0.15) is 22.0 Å². The molecule has 0 aliphatic rings. The van der Waals surface area contributed by atoms with Gasteiger partial charge < -0.3 is 5.32 Å². The van der Waals surface area contributed by atoms with Crippen molar-refractivity contribution in [2.75, 3.05) is 5.32 Å². The zero-order chi connectivity index (χ0) is 15.4. The molecule has 0 radical (unpaired) electrons. The predicted molar refractivity (Wildman–Crippen MR) is 87.3 cm³/mol. The van der Waals surface area contributed by atoms with E-state index in [4.69, 9.17) is 0 Å². The molecule has 1 atom stereocenters. The number of hydrogen-bond acceptors (Lipinski definition) is 3. The summed E-state index contributed by atoms with van der Waals surface area (Å²) in [5, 5.41) is 14.5. The first kappa shape index (κ1) is 14.3. The van der Waals surface area contributed by atoms with Gasteiger partial charge in [0.25, 0.3) is 0 Å².